The summed E-state index contributed by atoms with van der Waals surface area (Å²) in [7, 11) is 0. The molecule has 3 heterocycles. The second-order valence-corrected chi connectivity index (χ2v) is 8.45. The molecule has 3 aromatic rings. The average molecular weight is 470 g/mol. The third-order valence-corrected chi connectivity index (χ3v) is 6.24. The standard InChI is InChI=1S/C23H21ClFN5O3/c24-17-5-1-15(2-6-17)20-13-30-19(14-33-20)21(26-27-30)23(32)29-11-9-28(10-12-29)22(31)16-3-7-18(25)8-4-16/h1-8,20H,9-14H2. The van der Waals surface area contributed by atoms with Gasteiger partial charge in [-0.2, -0.15) is 0 Å². The fourth-order valence-electron chi connectivity index (χ4n) is 4.09. The quantitative estimate of drug-likeness (QED) is 0.589. The van der Waals surface area contributed by atoms with Crippen LogP contribution >= 0.6 is 11.6 Å². The molecule has 0 spiro atoms. The zero-order valence-corrected chi connectivity index (χ0v) is 18.4. The number of aromatic nitrogens is 3. The van der Waals surface area contributed by atoms with Crippen LogP contribution in [0.3, 0.4) is 0 Å². The first-order chi connectivity index (χ1) is 16.0. The van der Waals surface area contributed by atoms with Crippen molar-refractivity contribution in [1.82, 2.24) is 24.8 Å². The Balaban J connectivity index is 1.22. The van der Waals surface area contributed by atoms with E-state index in [1.54, 1.807) is 14.5 Å². The van der Waals surface area contributed by atoms with E-state index < -0.39 is 0 Å². The minimum absolute atomic E-state index is 0.176. The second kappa shape index (κ2) is 8.92. The lowest BCUT2D eigenvalue weighted by molar-refractivity contribution is -0.00202. The molecule has 1 aromatic heterocycles. The molecule has 0 saturated carbocycles. The van der Waals surface area contributed by atoms with Gasteiger partial charge in [-0.25, -0.2) is 9.07 Å². The molecular formula is C23H21ClFN5O3. The van der Waals surface area contributed by atoms with E-state index in [4.69, 9.17) is 16.3 Å². The summed E-state index contributed by atoms with van der Waals surface area (Å²) in [5.41, 5.74) is 2.34. The highest BCUT2D eigenvalue weighted by Crippen LogP contribution is 2.28. The topological polar surface area (TPSA) is 80.6 Å². The number of piperazine rings is 1. The first-order valence-electron chi connectivity index (χ1n) is 10.6. The van der Waals surface area contributed by atoms with Crippen LogP contribution in [0.5, 0.6) is 0 Å². The lowest BCUT2D eigenvalue weighted by Crippen LogP contribution is -2.50. The van der Waals surface area contributed by atoms with E-state index in [-0.39, 0.29) is 36.0 Å². The smallest absolute Gasteiger partial charge is 0.276 e. The summed E-state index contributed by atoms with van der Waals surface area (Å²) >= 11 is 5.96. The highest BCUT2D eigenvalue weighted by atomic mass is 35.5. The van der Waals surface area contributed by atoms with E-state index in [0.29, 0.717) is 49.0 Å². The lowest BCUT2D eigenvalue weighted by Gasteiger charge is -2.34. The molecule has 0 N–H and O–H groups in total. The fraction of sp³-hybridized carbons (Fsp3) is 0.304. The zero-order valence-electron chi connectivity index (χ0n) is 17.7. The molecule has 5 rings (SSSR count). The molecule has 1 unspecified atom stereocenters. The molecule has 2 amide bonds. The second-order valence-electron chi connectivity index (χ2n) is 8.01. The van der Waals surface area contributed by atoms with Crippen molar-refractivity contribution in [3.05, 3.63) is 81.9 Å². The lowest BCUT2D eigenvalue weighted by atomic mass is 10.1. The van der Waals surface area contributed by atoms with Crippen molar-refractivity contribution in [2.45, 2.75) is 19.3 Å². The highest BCUT2D eigenvalue weighted by molar-refractivity contribution is 6.30. The number of carbonyl (C=O) groups excluding carboxylic acids is 2. The average Bonchev–Trinajstić information content (AvgIpc) is 3.27. The van der Waals surface area contributed by atoms with Crippen LogP contribution in [0.1, 0.15) is 38.2 Å². The molecule has 0 bridgehead atoms. The van der Waals surface area contributed by atoms with Crippen molar-refractivity contribution >= 4 is 23.4 Å². The van der Waals surface area contributed by atoms with Crippen LogP contribution < -0.4 is 0 Å². The Kier molecular flexibility index (Phi) is 5.82. The molecule has 2 aliphatic heterocycles. The molecule has 1 saturated heterocycles. The monoisotopic (exact) mass is 469 g/mol. The van der Waals surface area contributed by atoms with Gasteiger partial charge < -0.3 is 14.5 Å². The SMILES string of the molecule is O=C(c1ccc(F)cc1)N1CCN(C(=O)c2nnn3c2COC(c2ccc(Cl)cc2)C3)CC1. The number of amides is 2. The van der Waals surface area contributed by atoms with Crippen LogP contribution in [0.4, 0.5) is 4.39 Å². The fourth-order valence-corrected chi connectivity index (χ4v) is 4.22. The molecule has 1 atom stereocenters. The summed E-state index contributed by atoms with van der Waals surface area (Å²) in [6.45, 7) is 2.22. The molecule has 2 aliphatic rings. The van der Waals surface area contributed by atoms with Gasteiger partial charge in [-0.1, -0.05) is 28.9 Å². The number of ether oxygens (including phenoxy) is 1. The molecule has 10 heteroatoms. The van der Waals surface area contributed by atoms with Gasteiger partial charge in [0, 0.05) is 36.8 Å². The van der Waals surface area contributed by atoms with E-state index in [1.807, 2.05) is 24.3 Å². The Morgan fingerprint density at radius 2 is 1.58 bits per heavy atom. The summed E-state index contributed by atoms with van der Waals surface area (Å²) in [6, 6.07) is 12.9. The van der Waals surface area contributed by atoms with Crippen LogP contribution in [0.15, 0.2) is 48.5 Å². The van der Waals surface area contributed by atoms with E-state index in [9.17, 15) is 14.0 Å². The summed E-state index contributed by atoms with van der Waals surface area (Å²) in [4.78, 5) is 29.1. The van der Waals surface area contributed by atoms with E-state index >= 15 is 0 Å². The van der Waals surface area contributed by atoms with Crippen molar-refractivity contribution in [2.24, 2.45) is 0 Å². The Morgan fingerprint density at radius 3 is 2.24 bits per heavy atom. The van der Waals surface area contributed by atoms with Gasteiger partial charge in [0.1, 0.15) is 11.9 Å². The number of fused-ring (bicyclic) bond motifs is 1. The van der Waals surface area contributed by atoms with Crippen molar-refractivity contribution in [1.29, 1.82) is 0 Å². The van der Waals surface area contributed by atoms with Crippen molar-refractivity contribution < 1.29 is 18.7 Å². The third kappa shape index (κ3) is 4.34. The van der Waals surface area contributed by atoms with Crippen LogP contribution in [-0.2, 0) is 17.9 Å². The van der Waals surface area contributed by atoms with Gasteiger partial charge in [0.05, 0.1) is 18.8 Å². The molecule has 1 fully saturated rings. The number of halogens is 2. The largest absolute Gasteiger partial charge is 0.365 e. The summed E-state index contributed by atoms with van der Waals surface area (Å²) in [6.07, 6.45) is -0.194. The first-order valence-corrected chi connectivity index (χ1v) is 11.0. The third-order valence-electron chi connectivity index (χ3n) is 5.99. The Labute approximate surface area is 194 Å². The maximum Gasteiger partial charge on any atom is 0.276 e. The van der Waals surface area contributed by atoms with Gasteiger partial charge in [0.15, 0.2) is 5.69 Å². The number of benzene rings is 2. The van der Waals surface area contributed by atoms with Gasteiger partial charge >= 0.3 is 0 Å². The van der Waals surface area contributed by atoms with Crippen LogP contribution in [0, 0.1) is 5.82 Å². The number of hydrogen-bond donors (Lipinski definition) is 0. The Hall–Kier alpha value is -3.30. The first kappa shape index (κ1) is 21.5. The van der Waals surface area contributed by atoms with E-state index in [2.05, 4.69) is 10.3 Å². The normalized spacial score (nSPS) is 18.2. The van der Waals surface area contributed by atoms with Crippen LogP contribution in [0.25, 0.3) is 0 Å². The van der Waals surface area contributed by atoms with Gasteiger partial charge in [0.2, 0.25) is 0 Å². The number of rotatable bonds is 3. The maximum atomic E-state index is 13.1. The molecule has 0 aliphatic carbocycles. The van der Waals surface area contributed by atoms with Gasteiger partial charge in [0.25, 0.3) is 11.8 Å². The van der Waals surface area contributed by atoms with Crippen molar-refractivity contribution in [3.8, 4) is 0 Å². The Bertz CT molecular complexity index is 1170. The zero-order chi connectivity index (χ0) is 22.9. The number of hydrogen-bond acceptors (Lipinski definition) is 5. The van der Waals surface area contributed by atoms with Gasteiger partial charge in [-0.15, -0.1) is 5.10 Å². The minimum atomic E-state index is -0.387. The molecule has 33 heavy (non-hydrogen) atoms. The molecule has 0 radical (unpaired) electrons. The van der Waals surface area contributed by atoms with E-state index in [1.165, 1.54) is 24.3 Å². The molecular weight excluding hydrogens is 449 g/mol. The molecule has 2 aromatic carbocycles. The molecule has 8 nitrogen and oxygen atoms in total. The number of nitrogens with zero attached hydrogens (tertiary/aromatic N) is 5. The maximum absolute atomic E-state index is 13.1. The summed E-state index contributed by atoms with van der Waals surface area (Å²) in [5, 5.41) is 8.96. The molecule has 170 valence electrons. The van der Waals surface area contributed by atoms with Gasteiger partial charge in [-0.3, -0.25) is 9.59 Å². The van der Waals surface area contributed by atoms with E-state index in [0.717, 1.165) is 5.56 Å². The predicted octanol–water partition coefficient (Wildman–Crippen LogP) is 2.94. The van der Waals surface area contributed by atoms with Crippen molar-refractivity contribution in [3.63, 3.8) is 0 Å². The summed E-state index contributed by atoms with van der Waals surface area (Å²) in [5.74, 6) is -0.786. The predicted molar refractivity (Wildman–Crippen MR) is 117 cm³/mol. The minimum Gasteiger partial charge on any atom is -0.365 e. The van der Waals surface area contributed by atoms with Crippen LogP contribution in [0.2, 0.25) is 5.02 Å². The van der Waals surface area contributed by atoms with Crippen LogP contribution in [-0.4, -0.2) is 62.8 Å². The van der Waals surface area contributed by atoms with Gasteiger partial charge in [-0.05, 0) is 42.0 Å². The van der Waals surface area contributed by atoms with Crippen molar-refractivity contribution in [2.75, 3.05) is 26.2 Å². The summed E-state index contributed by atoms with van der Waals surface area (Å²) < 4.78 is 20.8. The highest BCUT2D eigenvalue weighted by Gasteiger charge is 2.32. The Morgan fingerprint density at radius 1 is 0.939 bits per heavy atom. The number of carbonyl (C=O) groups is 2.